The van der Waals surface area contributed by atoms with E-state index >= 15 is 0 Å². The number of halogens is 4. The molecule has 2 aromatic carbocycles. The number of aliphatic hydroxyl groups is 1. The molecule has 4 nitrogen and oxygen atoms in total. The van der Waals surface area contributed by atoms with E-state index in [1.165, 1.54) is 17.7 Å². The van der Waals surface area contributed by atoms with E-state index in [9.17, 15) is 22.7 Å². The summed E-state index contributed by atoms with van der Waals surface area (Å²) >= 11 is 0. The van der Waals surface area contributed by atoms with Gasteiger partial charge in [0.05, 0.1) is 29.7 Å². The van der Waals surface area contributed by atoms with E-state index in [-0.39, 0.29) is 12.4 Å². The molecule has 2 N–H and O–H groups in total. The molecule has 2 atom stereocenters. The van der Waals surface area contributed by atoms with Crippen molar-refractivity contribution in [2.24, 2.45) is 5.41 Å². The Kier molecular flexibility index (Phi) is 6.29. The second kappa shape index (κ2) is 9.16. The van der Waals surface area contributed by atoms with Crippen molar-refractivity contribution in [2.75, 3.05) is 6.54 Å². The van der Waals surface area contributed by atoms with Gasteiger partial charge in [-0.25, -0.2) is 9.07 Å². The molecule has 8 heteroatoms. The first-order valence-electron chi connectivity index (χ1n) is 12.2. The van der Waals surface area contributed by atoms with Gasteiger partial charge in [0.2, 0.25) is 0 Å². The summed E-state index contributed by atoms with van der Waals surface area (Å²) in [7, 11) is 0. The lowest BCUT2D eigenvalue weighted by molar-refractivity contribution is -0.125. The topological polar surface area (TPSA) is 50.1 Å². The molecule has 36 heavy (non-hydrogen) atoms. The zero-order valence-corrected chi connectivity index (χ0v) is 20.1. The maximum absolute atomic E-state index is 13.4. The molecule has 2 aliphatic carbocycles. The number of fused-ring (bicyclic) bond motifs is 2. The van der Waals surface area contributed by atoms with Crippen LogP contribution in [0.2, 0.25) is 0 Å². The summed E-state index contributed by atoms with van der Waals surface area (Å²) in [5.41, 5.74) is 4.30. The summed E-state index contributed by atoms with van der Waals surface area (Å²) in [6, 6.07) is 13.7. The number of aromatic nitrogens is 2. The number of benzene rings is 2. The minimum atomic E-state index is -4.25. The van der Waals surface area contributed by atoms with Crippen molar-refractivity contribution in [3.8, 4) is 5.69 Å². The molecule has 190 valence electrons. The molecule has 3 aromatic rings. The van der Waals surface area contributed by atoms with Gasteiger partial charge in [0.1, 0.15) is 5.82 Å². The van der Waals surface area contributed by atoms with E-state index in [0.717, 1.165) is 34.5 Å². The molecule has 5 rings (SSSR count). The summed E-state index contributed by atoms with van der Waals surface area (Å²) in [5.74, 6) is -0.302. The van der Waals surface area contributed by atoms with E-state index in [4.69, 9.17) is 0 Å². The fourth-order valence-electron chi connectivity index (χ4n) is 5.77. The first kappa shape index (κ1) is 24.7. The van der Waals surface area contributed by atoms with Crippen LogP contribution in [0.15, 0.2) is 60.3 Å². The Morgan fingerprint density at radius 1 is 1.08 bits per heavy atom. The van der Waals surface area contributed by atoms with Crippen molar-refractivity contribution < 1.29 is 22.7 Å². The van der Waals surface area contributed by atoms with Crippen LogP contribution >= 0.6 is 0 Å². The third-order valence-electron chi connectivity index (χ3n) is 7.92. The molecule has 0 saturated heterocycles. The van der Waals surface area contributed by atoms with Crippen molar-refractivity contribution in [3.63, 3.8) is 0 Å². The standard InChI is InChI=1S/C28H29F4N3O/c1-26-15-21-17-34-35(24-8-6-23(29)7-9-24)25(21)14-22(26)11-13-27(26,36)12-10-19-4-2-3-5-20(19)16-33-18-28(30,31)32/h2-9,14,17,33,36H,10-13,15-16,18H2,1H3. The molecule has 2 aliphatic rings. The number of rotatable bonds is 7. The van der Waals surface area contributed by atoms with Gasteiger partial charge in [0.25, 0.3) is 0 Å². The molecule has 1 saturated carbocycles. The van der Waals surface area contributed by atoms with Gasteiger partial charge < -0.3 is 10.4 Å². The second-order valence-electron chi connectivity index (χ2n) is 10.1. The highest BCUT2D eigenvalue weighted by atomic mass is 19.4. The molecule has 1 heterocycles. The number of hydrogen-bond donors (Lipinski definition) is 2. The highest BCUT2D eigenvalue weighted by molar-refractivity contribution is 5.62. The lowest BCUT2D eigenvalue weighted by Gasteiger charge is -2.42. The van der Waals surface area contributed by atoms with E-state index in [1.54, 1.807) is 12.1 Å². The molecule has 1 fully saturated rings. The molecule has 1 aromatic heterocycles. The number of hydrogen-bond acceptors (Lipinski definition) is 3. The van der Waals surface area contributed by atoms with Gasteiger partial charge in [0, 0.05) is 12.0 Å². The number of aryl methyl sites for hydroxylation is 1. The third-order valence-corrected chi connectivity index (χ3v) is 7.92. The zero-order valence-electron chi connectivity index (χ0n) is 20.1. The van der Waals surface area contributed by atoms with Crippen LogP contribution in [0.25, 0.3) is 11.8 Å². The second-order valence-corrected chi connectivity index (χ2v) is 10.1. The minimum Gasteiger partial charge on any atom is -0.389 e. The van der Waals surface area contributed by atoms with Crippen molar-refractivity contribution >= 4 is 6.08 Å². The van der Waals surface area contributed by atoms with Crippen LogP contribution in [0.5, 0.6) is 0 Å². The highest BCUT2D eigenvalue weighted by Gasteiger charge is 2.54. The van der Waals surface area contributed by atoms with Gasteiger partial charge in [0.15, 0.2) is 0 Å². The quantitative estimate of drug-likeness (QED) is 0.406. The average molecular weight is 500 g/mol. The van der Waals surface area contributed by atoms with Gasteiger partial charge in [-0.05, 0) is 79.1 Å². The summed E-state index contributed by atoms with van der Waals surface area (Å²) < 4.78 is 52.9. The molecular weight excluding hydrogens is 470 g/mol. The van der Waals surface area contributed by atoms with Crippen LogP contribution < -0.4 is 5.32 Å². The molecule has 0 spiro atoms. The van der Waals surface area contributed by atoms with E-state index in [2.05, 4.69) is 23.4 Å². The monoisotopic (exact) mass is 499 g/mol. The molecule has 0 aliphatic heterocycles. The lowest BCUT2D eigenvalue weighted by Crippen LogP contribution is -2.45. The molecule has 0 bridgehead atoms. The molecule has 2 unspecified atom stereocenters. The van der Waals surface area contributed by atoms with Crippen LogP contribution in [0.3, 0.4) is 0 Å². The fraction of sp³-hybridized carbons (Fsp3) is 0.393. The van der Waals surface area contributed by atoms with Crippen LogP contribution in [0.1, 0.15) is 48.6 Å². The van der Waals surface area contributed by atoms with E-state index in [0.29, 0.717) is 25.7 Å². The Bertz CT molecular complexity index is 1280. The van der Waals surface area contributed by atoms with Crippen LogP contribution in [-0.2, 0) is 19.4 Å². The largest absolute Gasteiger partial charge is 0.401 e. The molecule has 0 amide bonds. The smallest absolute Gasteiger partial charge is 0.389 e. The van der Waals surface area contributed by atoms with Crippen molar-refractivity contribution in [1.82, 2.24) is 15.1 Å². The highest BCUT2D eigenvalue weighted by Crippen LogP contribution is 2.56. The van der Waals surface area contributed by atoms with Crippen LogP contribution in [0, 0.1) is 11.2 Å². The maximum atomic E-state index is 13.4. The predicted octanol–water partition coefficient (Wildman–Crippen LogP) is 5.77. The van der Waals surface area contributed by atoms with Crippen molar-refractivity contribution in [3.05, 3.63) is 88.5 Å². The summed E-state index contributed by atoms with van der Waals surface area (Å²) in [4.78, 5) is 0. The summed E-state index contributed by atoms with van der Waals surface area (Å²) in [6.45, 7) is 1.19. The predicted molar refractivity (Wildman–Crippen MR) is 130 cm³/mol. The average Bonchev–Trinajstić information content (AvgIpc) is 3.34. The number of alkyl halides is 3. The van der Waals surface area contributed by atoms with E-state index in [1.807, 2.05) is 35.1 Å². The zero-order chi connectivity index (χ0) is 25.6. The lowest BCUT2D eigenvalue weighted by atomic mass is 9.65. The van der Waals surface area contributed by atoms with Gasteiger partial charge >= 0.3 is 6.18 Å². The first-order chi connectivity index (χ1) is 17.1. The number of nitrogens with one attached hydrogen (secondary N) is 1. The van der Waals surface area contributed by atoms with Crippen LogP contribution in [-0.4, -0.2) is 33.2 Å². The molecule has 0 radical (unpaired) electrons. The van der Waals surface area contributed by atoms with Crippen molar-refractivity contribution in [2.45, 2.75) is 57.3 Å². The third kappa shape index (κ3) is 4.60. The minimum absolute atomic E-state index is 0.127. The Morgan fingerprint density at radius 3 is 2.53 bits per heavy atom. The van der Waals surface area contributed by atoms with Gasteiger partial charge in [-0.15, -0.1) is 0 Å². The Balaban J connectivity index is 1.34. The van der Waals surface area contributed by atoms with Crippen molar-refractivity contribution in [1.29, 1.82) is 0 Å². The van der Waals surface area contributed by atoms with Gasteiger partial charge in [-0.3, -0.25) is 0 Å². The summed E-state index contributed by atoms with van der Waals surface area (Å²) in [5, 5.41) is 18.9. The fourth-order valence-corrected chi connectivity index (χ4v) is 5.77. The molecular formula is C28H29F4N3O. The van der Waals surface area contributed by atoms with E-state index < -0.39 is 23.7 Å². The Hall–Kier alpha value is -2.97. The van der Waals surface area contributed by atoms with Crippen LogP contribution in [0.4, 0.5) is 17.6 Å². The Labute approximate surface area is 207 Å². The number of nitrogens with zero attached hydrogens (tertiary/aromatic N) is 2. The first-order valence-corrected chi connectivity index (χ1v) is 12.2. The van der Waals surface area contributed by atoms with Gasteiger partial charge in [-0.1, -0.05) is 36.8 Å². The summed E-state index contributed by atoms with van der Waals surface area (Å²) in [6.07, 6.45) is 2.79. The maximum Gasteiger partial charge on any atom is 0.401 e. The Morgan fingerprint density at radius 2 is 1.81 bits per heavy atom. The SMILES string of the molecule is CC12Cc3cnn(-c4ccc(F)cc4)c3C=C1CCC2(O)CCc1ccccc1CNCC(F)(F)F. The van der Waals surface area contributed by atoms with Gasteiger partial charge in [-0.2, -0.15) is 18.3 Å². The normalized spacial score (nSPS) is 23.3.